The molecular weight excluding hydrogens is 274 g/mol. The summed E-state index contributed by atoms with van der Waals surface area (Å²) in [6, 6.07) is -0.466. The highest BCUT2D eigenvalue weighted by Gasteiger charge is 2.43. The molecule has 1 aliphatic rings. The quantitative estimate of drug-likeness (QED) is 0.536. The predicted molar refractivity (Wildman–Crippen MR) is 81.6 cm³/mol. The average molecular weight is 297 g/mol. The van der Waals surface area contributed by atoms with Crippen LogP contribution in [0.1, 0.15) is 32.6 Å². The fraction of sp³-hybridized carbons (Fsp3) is 0.533. The molecule has 20 heavy (non-hydrogen) atoms. The fourth-order valence-corrected chi connectivity index (χ4v) is 4.26. The number of unbranched alkanes of at least 4 members (excludes halogenated alkanes) is 1. The van der Waals surface area contributed by atoms with Gasteiger partial charge in [0.1, 0.15) is 0 Å². The Morgan fingerprint density at radius 3 is 2.65 bits per heavy atom. The van der Waals surface area contributed by atoms with Gasteiger partial charge in [-0.2, -0.15) is 0 Å². The van der Waals surface area contributed by atoms with E-state index in [1.54, 1.807) is 19.1 Å². The fourth-order valence-electron chi connectivity index (χ4n) is 2.38. The normalized spacial score (nSPS) is 22.6. The van der Waals surface area contributed by atoms with Crippen LogP contribution in [0.2, 0.25) is 0 Å². The first kappa shape index (κ1) is 16.7. The summed E-state index contributed by atoms with van der Waals surface area (Å²) in [5.41, 5.74) is 0.566. The van der Waals surface area contributed by atoms with Crippen LogP contribution in [-0.2, 0) is 14.8 Å². The Kier molecular flexibility index (Phi) is 5.74. The summed E-state index contributed by atoms with van der Waals surface area (Å²) in [5.74, 6) is -0.793. The molecule has 112 valence electrons. The Hall–Kier alpha value is -1.36. The molecule has 2 atom stereocenters. The van der Waals surface area contributed by atoms with E-state index >= 15 is 0 Å². The zero-order valence-corrected chi connectivity index (χ0v) is 12.9. The molecule has 1 fully saturated rings. The van der Waals surface area contributed by atoms with Gasteiger partial charge in [0, 0.05) is 5.92 Å². The minimum absolute atomic E-state index is 0.142. The number of amides is 1. The van der Waals surface area contributed by atoms with E-state index in [2.05, 4.69) is 19.7 Å². The molecule has 0 aromatic heterocycles. The van der Waals surface area contributed by atoms with Crippen LogP contribution in [-0.4, -0.2) is 30.4 Å². The topological polar surface area (TPSA) is 54.5 Å². The second kappa shape index (κ2) is 6.88. The number of sulfonamides is 1. The molecule has 5 heteroatoms. The molecule has 1 saturated heterocycles. The van der Waals surface area contributed by atoms with Crippen LogP contribution in [0.5, 0.6) is 0 Å². The third kappa shape index (κ3) is 3.60. The highest BCUT2D eigenvalue weighted by atomic mass is 32.2. The van der Waals surface area contributed by atoms with Gasteiger partial charge in [-0.15, -0.1) is 13.2 Å². The van der Waals surface area contributed by atoms with Crippen molar-refractivity contribution >= 4 is 15.9 Å². The van der Waals surface area contributed by atoms with E-state index in [1.165, 1.54) is 0 Å². The monoisotopic (exact) mass is 297 g/mol. The lowest BCUT2D eigenvalue weighted by atomic mass is 10.0. The summed E-state index contributed by atoms with van der Waals surface area (Å²) in [5, 5.41) is 0. The van der Waals surface area contributed by atoms with Crippen molar-refractivity contribution in [1.82, 2.24) is 4.31 Å². The largest absolute Gasteiger partial charge is 0.273 e. The zero-order chi connectivity index (χ0) is 15.3. The van der Waals surface area contributed by atoms with Crippen molar-refractivity contribution in [3.63, 3.8) is 0 Å². The Bertz CT molecular complexity index is 507. The Morgan fingerprint density at radius 1 is 1.45 bits per heavy atom. The Morgan fingerprint density at radius 2 is 2.10 bits per heavy atom. The summed E-state index contributed by atoms with van der Waals surface area (Å²) in [6.07, 6.45) is 6.16. The maximum atomic E-state index is 12.4. The molecule has 2 unspecified atom stereocenters. The van der Waals surface area contributed by atoms with E-state index in [4.69, 9.17) is 0 Å². The maximum Gasteiger partial charge on any atom is 0.241 e. The first-order valence-electron chi connectivity index (χ1n) is 6.80. The highest BCUT2D eigenvalue weighted by molar-refractivity contribution is 7.90. The molecule has 0 bridgehead atoms. The van der Waals surface area contributed by atoms with Gasteiger partial charge >= 0.3 is 0 Å². The Balaban J connectivity index is 2.89. The number of hydrogen-bond donors (Lipinski definition) is 0. The molecule has 1 heterocycles. The standard InChI is InChI=1S/C15H23NO3S/c1-5-7-8-10-12(3)15(17)16-14(9-6-2)13(4)11-20(16,18)19/h5-6,12,14H,1-2,4,7-11H2,3H3. The van der Waals surface area contributed by atoms with Crippen LogP contribution in [0.4, 0.5) is 0 Å². The third-order valence-electron chi connectivity index (χ3n) is 3.50. The lowest BCUT2D eigenvalue weighted by molar-refractivity contribution is -0.131. The lowest BCUT2D eigenvalue weighted by Gasteiger charge is -2.25. The summed E-state index contributed by atoms with van der Waals surface area (Å²) >= 11 is 0. The second-order valence-electron chi connectivity index (χ2n) is 5.21. The van der Waals surface area contributed by atoms with Crippen LogP contribution in [0, 0.1) is 5.92 Å². The predicted octanol–water partition coefficient (Wildman–Crippen LogP) is 2.65. The number of nitrogens with zero attached hydrogens (tertiary/aromatic N) is 1. The van der Waals surface area contributed by atoms with Crippen molar-refractivity contribution in [3.8, 4) is 0 Å². The molecule has 0 radical (unpaired) electrons. The van der Waals surface area contributed by atoms with E-state index in [9.17, 15) is 13.2 Å². The third-order valence-corrected chi connectivity index (χ3v) is 5.27. The molecule has 0 saturated carbocycles. The van der Waals surface area contributed by atoms with Gasteiger partial charge in [0.25, 0.3) is 0 Å². The minimum atomic E-state index is -3.57. The van der Waals surface area contributed by atoms with Crippen LogP contribution >= 0.6 is 0 Å². The maximum absolute atomic E-state index is 12.4. The number of hydrogen-bond acceptors (Lipinski definition) is 3. The van der Waals surface area contributed by atoms with Gasteiger partial charge in [-0.1, -0.05) is 25.7 Å². The van der Waals surface area contributed by atoms with Gasteiger partial charge in [0.2, 0.25) is 15.9 Å². The van der Waals surface area contributed by atoms with E-state index in [-0.39, 0.29) is 17.6 Å². The highest BCUT2D eigenvalue weighted by Crippen LogP contribution is 2.30. The summed E-state index contributed by atoms with van der Waals surface area (Å²) in [7, 11) is -3.57. The molecule has 0 aromatic rings. The number of rotatable bonds is 7. The van der Waals surface area contributed by atoms with Gasteiger partial charge < -0.3 is 0 Å². The van der Waals surface area contributed by atoms with Gasteiger partial charge in [-0.3, -0.25) is 4.79 Å². The van der Waals surface area contributed by atoms with Crippen LogP contribution in [0.15, 0.2) is 37.5 Å². The molecule has 1 aliphatic heterocycles. The number of carbonyl (C=O) groups excluding carboxylic acids is 1. The lowest BCUT2D eigenvalue weighted by Crippen LogP contribution is -2.41. The van der Waals surface area contributed by atoms with E-state index < -0.39 is 16.1 Å². The van der Waals surface area contributed by atoms with Crippen LogP contribution in [0.25, 0.3) is 0 Å². The van der Waals surface area contributed by atoms with Crippen molar-refractivity contribution < 1.29 is 13.2 Å². The van der Waals surface area contributed by atoms with Crippen molar-refractivity contribution in [1.29, 1.82) is 0 Å². The summed E-state index contributed by atoms with van der Waals surface area (Å²) in [6.45, 7) is 12.8. The smallest absolute Gasteiger partial charge is 0.241 e. The van der Waals surface area contributed by atoms with E-state index in [0.717, 1.165) is 17.1 Å². The molecule has 0 aliphatic carbocycles. The first-order valence-corrected chi connectivity index (χ1v) is 8.41. The van der Waals surface area contributed by atoms with Crippen molar-refractivity contribution in [2.24, 2.45) is 5.92 Å². The van der Waals surface area contributed by atoms with Crippen LogP contribution in [0.3, 0.4) is 0 Å². The van der Waals surface area contributed by atoms with E-state index in [0.29, 0.717) is 18.4 Å². The molecule has 1 rings (SSSR count). The zero-order valence-electron chi connectivity index (χ0n) is 12.0. The van der Waals surface area contributed by atoms with Crippen molar-refractivity contribution in [3.05, 3.63) is 37.5 Å². The molecular formula is C15H23NO3S. The number of allylic oxidation sites excluding steroid dienone is 1. The van der Waals surface area contributed by atoms with Crippen molar-refractivity contribution in [2.45, 2.75) is 38.6 Å². The number of carbonyl (C=O) groups is 1. The van der Waals surface area contributed by atoms with Crippen molar-refractivity contribution in [2.75, 3.05) is 5.75 Å². The average Bonchev–Trinajstić information content (AvgIpc) is 2.59. The summed E-state index contributed by atoms with van der Waals surface area (Å²) in [4.78, 5) is 12.4. The van der Waals surface area contributed by atoms with Gasteiger partial charge in [-0.05, 0) is 31.3 Å². The van der Waals surface area contributed by atoms with Gasteiger partial charge in [0.05, 0.1) is 11.8 Å². The van der Waals surface area contributed by atoms with Gasteiger partial charge in [-0.25, -0.2) is 12.7 Å². The van der Waals surface area contributed by atoms with Crippen LogP contribution < -0.4 is 0 Å². The molecule has 0 aromatic carbocycles. The minimum Gasteiger partial charge on any atom is -0.273 e. The first-order chi connectivity index (χ1) is 9.35. The molecule has 4 nitrogen and oxygen atoms in total. The molecule has 1 amide bonds. The Labute approximate surface area is 121 Å². The van der Waals surface area contributed by atoms with Gasteiger partial charge in [0.15, 0.2) is 0 Å². The second-order valence-corrected chi connectivity index (χ2v) is 7.06. The molecule has 0 N–H and O–H groups in total. The summed E-state index contributed by atoms with van der Waals surface area (Å²) < 4.78 is 25.3. The van der Waals surface area contributed by atoms with E-state index in [1.807, 2.05) is 0 Å². The SMILES string of the molecule is C=CCCCC(C)C(=O)N1C(CC=C)C(=C)CS1(=O)=O. The molecule has 0 spiro atoms.